The molecule has 4 rings (SSSR count). The standard InChI is InChI=1S/C21H19ClFN5O/c1-21(2)8-13-17(9-21)27-19(12-7-11(22)3-4-15(12)23)28-20(13)26-16-5-6-25-10-14(16)18(24)29/h3-7,10H,8-9H2,1-2H3,(H2,24,29)(H,25,26,27,28). The molecule has 1 aliphatic carbocycles. The Hall–Kier alpha value is -3.06. The molecule has 0 atom stereocenters. The maximum atomic E-state index is 14.5. The Morgan fingerprint density at radius 1 is 1.24 bits per heavy atom. The minimum atomic E-state index is -0.604. The van der Waals surface area contributed by atoms with Gasteiger partial charge in [0, 0.05) is 23.0 Å². The highest BCUT2D eigenvalue weighted by Crippen LogP contribution is 2.40. The van der Waals surface area contributed by atoms with Gasteiger partial charge in [-0.25, -0.2) is 14.4 Å². The topological polar surface area (TPSA) is 93.8 Å². The summed E-state index contributed by atoms with van der Waals surface area (Å²) in [6, 6.07) is 5.92. The van der Waals surface area contributed by atoms with Crippen molar-refractivity contribution in [3.8, 4) is 11.4 Å². The maximum absolute atomic E-state index is 14.5. The van der Waals surface area contributed by atoms with E-state index in [9.17, 15) is 9.18 Å². The number of carbonyl (C=O) groups excluding carboxylic acids is 1. The lowest BCUT2D eigenvalue weighted by Crippen LogP contribution is -2.14. The van der Waals surface area contributed by atoms with Crippen molar-refractivity contribution >= 4 is 29.0 Å². The van der Waals surface area contributed by atoms with E-state index < -0.39 is 11.7 Å². The van der Waals surface area contributed by atoms with Crippen molar-refractivity contribution in [2.75, 3.05) is 5.32 Å². The third-order valence-electron chi connectivity index (χ3n) is 4.90. The SMILES string of the molecule is CC1(C)Cc2nc(-c3cc(Cl)ccc3F)nc(Nc3ccncc3C(N)=O)c2C1. The van der Waals surface area contributed by atoms with E-state index in [1.807, 2.05) is 0 Å². The van der Waals surface area contributed by atoms with Crippen LogP contribution in [0, 0.1) is 11.2 Å². The minimum absolute atomic E-state index is 0.0102. The van der Waals surface area contributed by atoms with Crippen LogP contribution in [0.5, 0.6) is 0 Å². The molecular weight excluding hydrogens is 393 g/mol. The van der Waals surface area contributed by atoms with E-state index in [1.165, 1.54) is 24.4 Å². The zero-order valence-corrected chi connectivity index (χ0v) is 16.7. The van der Waals surface area contributed by atoms with E-state index in [0.717, 1.165) is 24.1 Å². The van der Waals surface area contributed by atoms with Crippen LogP contribution in [-0.4, -0.2) is 20.9 Å². The van der Waals surface area contributed by atoms with Crippen molar-refractivity contribution in [2.24, 2.45) is 11.1 Å². The fourth-order valence-corrected chi connectivity index (χ4v) is 3.75. The number of halogens is 2. The summed E-state index contributed by atoms with van der Waals surface area (Å²) in [4.78, 5) is 24.9. The first-order chi connectivity index (χ1) is 13.7. The molecule has 2 aromatic heterocycles. The molecule has 1 aliphatic rings. The van der Waals surface area contributed by atoms with Crippen LogP contribution in [0.4, 0.5) is 15.9 Å². The second-order valence-corrected chi connectivity index (χ2v) is 8.31. The molecule has 0 saturated heterocycles. The van der Waals surface area contributed by atoms with Gasteiger partial charge in [0.25, 0.3) is 5.91 Å². The lowest BCUT2D eigenvalue weighted by Gasteiger charge is -2.16. The average molecular weight is 412 g/mol. The van der Waals surface area contributed by atoms with Crippen molar-refractivity contribution in [3.63, 3.8) is 0 Å². The second-order valence-electron chi connectivity index (χ2n) is 7.87. The number of primary amides is 1. The summed E-state index contributed by atoms with van der Waals surface area (Å²) in [6.45, 7) is 4.28. The third-order valence-corrected chi connectivity index (χ3v) is 5.14. The molecule has 1 aromatic carbocycles. The van der Waals surface area contributed by atoms with E-state index >= 15 is 0 Å². The molecule has 0 aliphatic heterocycles. The number of hydrogen-bond donors (Lipinski definition) is 2. The Bertz CT molecular complexity index is 1130. The summed E-state index contributed by atoms with van der Waals surface area (Å²) in [6.07, 6.45) is 4.43. The molecule has 6 nitrogen and oxygen atoms in total. The smallest absolute Gasteiger partial charge is 0.252 e. The molecule has 8 heteroatoms. The van der Waals surface area contributed by atoms with Crippen molar-refractivity contribution in [2.45, 2.75) is 26.7 Å². The molecule has 0 fully saturated rings. The Balaban J connectivity index is 1.87. The van der Waals surface area contributed by atoms with Crippen LogP contribution in [0.3, 0.4) is 0 Å². The number of pyridine rings is 1. The van der Waals surface area contributed by atoms with Crippen molar-refractivity contribution in [1.82, 2.24) is 15.0 Å². The number of nitrogens with one attached hydrogen (secondary N) is 1. The van der Waals surface area contributed by atoms with Gasteiger partial charge in [-0.2, -0.15) is 0 Å². The number of nitrogens with zero attached hydrogens (tertiary/aromatic N) is 3. The number of aromatic nitrogens is 3. The first-order valence-corrected chi connectivity index (χ1v) is 9.47. The van der Waals surface area contributed by atoms with Crippen LogP contribution in [0.1, 0.15) is 35.5 Å². The number of anilines is 2. The lowest BCUT2D eigenvalue weighted by molar-refractivity contribution is 0.100. The first-order valence-electron chi connectivity index (χ1n) is 9.09. The number of benzene rings is 1. The number of rotatable bonds is 4. The van der Waals surface area contributed by atoms with Gasteiger partial charge in [-0.15, -0.1) is 0 Å². The quantitative estimate of drug-likeness (QED) is 0.667. The first kappa shape index (κ1) is 19.3. The lowest BCUT2D eigenvalue weighted by atomic mass is 9.90. The zero-order chi connectivity index (χ0) is 20.8. The summed E-state index contributed by atoms with van der Waals surface area (Å²) in [5.74, 6) is -0.311. The molecule has 0 unspecified atom stereocenters. The van der Waals surface area contributed by atoms with Gasteiger partial charge in [0.1, 0.15) is 11.6 Å². The monoisotopic (exact) mass is 411 g/mol. The fraction of sp³-hybridized carbons (Fsp3) is 0.238. The van der Waals surface area contributed by atoms with E-state index in [4.69, 9.17) is 17.3 Å². The Labute approximate surface area is 172 Å². The summed E-state index contributed by atoms with van der Waals surface area (Å²) >= 11 is 6.06. The summed E-state index contributed by atoms with van der Waals surface area (Å²) in [5, 5.41) is 3.58. The van der Waals surface area contributed by atoms with Crippen LogP contribution in [0.25, 0.3) is 11.4 Å². The highest BCUT2D eigenvalue weighted by Gasteiger charge is 2.33. The number of hydrogen-bond acceptors (Lipinski definition) is 5. The van der Waals surface area contributed by atoms with Gasteiger partial charge in [-0.1, -0.05) is 25.4 Å². The molecule has 29 heavy (non-hydrogen) atoms. The molecule has 0 bridgehead atoms. The molecule has 0 radical (unpaired) electrons. The number of amides is 1. The maximum Gasteiger partial charge on any atom is 0.252 e. The highest BCUT2D eigenvalue weighted by molar-refractivity contribution is 6.30. The molecule has 2 heterocycles. The largest absolute Gasteiger partial charge is 0.365 e. The van der Waals surface area contributed by atoms with Gasteiger partial charge in [-0.3, -0.25) is 9.78 Å². The van der Waals surface area contributed by atoms with E-state index in [1.54, 1.807) is 12.3 Å². The fourth-order valence-electron chi connectivity index (χ4n) is 3.58. The molecule has 148 valence electrons. The number of nitrogens with two attached hydrogens (primary N) is 1. The highest BCUT2D eigenvalue weighted by atomic mass is 35.5. The van der Waals surface area contributed by atoms with Gasteiger partial charge in [-0.05, 0) is 42.5 Å². The van der Waals surface area contributed by atoms with Crippen molar-refractivity contribution in [3.05, 3.63) is 64.3 Å². The van der Waals surface area contributed by atoms with Crippen LogP contribution in [0.15, 0.2) is 36.7 Å². The summed E-state index contributed by atoms with van der Waals surface area (Å²) in [7, 11) is 0. The zero-order valence-electron chi connectivity index (χ0n) is 16.0. The van der Waals surface area contributed by atoms with Crippen LogP contribution in [-0.2, 0) is 12.8 Å². The van der Waals surface area contributed by atoms with Gasteiger partial charge < -0.3 is 11.1 Å². The Kier molecular flexibility index (Phi) is 4.70. The molecular formula is C21H19ClFN5O. The Morgan fingerprint density at radius 2 is 2.03 bits per heavy atom. The van der Waals surface area contributed by atoms with Gasteiger partial charge >= 0.3 is 0 Å². The van der Waals surface area contributed by atoms with Crippen LogP contribution in [0.2, 0.25) is 5.02 Å². The Morgan fingerprint density at radius 3 is 2.79 bits per heavy atom. The molecule has 3 aromatic rings. The normalized spacial score (nSPS) is 14.5. The van der Waals surface area contributed by atoms with Crippen molar-refractivity contribution < 1.29 is 9.18 Å². The van der Waals surface area contributed by atoms with Gasteiger partial charge in [0.15, 0.2) is 5.82 Å². The molecule has 0 saturated carbocycles. The third kappa shape index (κ3) is 3.78. The minimum Gasteiger partial charge on any atom is -0.365 e. The van der Waals surface area contributed by atoms with Crippen molar-refractivity contribution in [1.29, 1.82) is 0 Å². The van der Waals surface area contributed by atoms with E-state index in [2.05, 4.69) is 34.1 Å². The second kappa shape index (κ2) is 7.08. The van der Waals surface area contributed by atoms with Gasteiger partial charge in [0.2, 0.25) is 0 Å². The molecule has 0 spiro atoms. The number of carbonyl (C=O) groups is 1. The molecule has 3 N–H and O–H groups in total. The van der Waals surface area contributed by atoms with E-state index in [0.29, 0.717) is 16.5 Å². The van der Waals surface area contributed by atoms with Gasteiger partial charge in [0.05, 0.1) is 22.5 Å². The number of fused-ring (bicyclic) bond motifs is 1. The summed E-state index contributed by atoms with van der Waals surface area (Å²) in [5.41, 5.74) is 8.18. The predicted octanol–water partition coefficient (Wildman–Crippen LogP) is 4.30. The van der Waals surface area contributed by atoms with Crippen LogP contribution >= 0.6 is 11.6 Å². The van der Waals surface area contributed by atoms with E-state index in [-0.39, 0.29) is 22.4 Å². The molecule has 1 amide bonds. The predicted molar refractivity (Wildman–Crippen MR) is 110 cm³/mol. The van der Waals surface area contributed by atoms with Crippen LogP contribution < -0.4 is 11.1 Å². The summed E-state index contributed by atoms with van der Waals surface area (Å²) < 4.78 is 14.5. The average Bonchev–Trinajstić information content (AvgIpc) is 2.98.